The van der Waals surface area contributed by atoms with Gasteiger partial charge < -0.3 is 10.6 Å². The van der Waals surface area contributed by atoms with Crippen LogP contribution in [0.25, 0.3) is 0 Å². The number of hydrogen-bond acceptors (Lipinski definition) is 2. The molecule has 0 aliphatic heterocycles. The van der Waals surface area contributed by atoms with Crippen molar-refractivity contribution in [3.05, 3.63) is 0 Å². The van der Waals surface area contributed by atoms with E-state index in [0.717, 1.165) is 44.9 Å². The summed E-state index contributed by atoms with van der Waals surface area (Å²) in [4.78, 5) is 12.1. The minimum atomic E-state index is -0.605. The molecule has 3 nitrogen and oxygen atoms in total. The lowest BCUT2D eigenvalue weighted by Gasteiger charge is -2.52. The molecular weight excluding hydrogens is 204 g/mol. The van der Waals surface area contributed by atoms with E-state index in [2.05, 4.69) is 0 Å². The van der Waals surface area contributed by atoms with Crippen molar-refractivity contribution in [3.8, 4) is 0 Å². The summed E-state index contributed by atoms with van der Waals surface area (Å²) in [5.74, 6) is 1.11. The predicted molar refractivity (Wildman–Crippen MR) is 61.0 cm³/mol. The third kappa shape index (κ3) is 1.52. The van der Waals surface area contributed by atoms with E-state index in [1.165, 1.54) is 6.42 Å². The van der Waals surface area contributed by atoms with Crippen LogP contribution in [0.3, 0.4) is 0 Å². The van der Waals surface area contributed by atoms with E-state index in [9.17, 15) is 9.90 Å². The third-order valence-corrected chi connectivity index (χ3v) is 5.05. The van der Waals surface area contributed by atoms with Gasteiger partial charge in [-0.1, -0.05) is 19.3 Å². The molecule has 0 spiro atoms. The minimum Gasteiger partial charge on any atom is -0.412 e. The Morgan fingerprint density at radius 2 is 1.94 bits per heavy atom. The largest absolute Gasteiger partial charge is 0.412 e. The molecule has 0 heterocycles. The molecule has 3 N–H and O–H groups in total. The zero-order valence-electron chi connectivity index (χ0n) is 9.74. The Bertz CT molecular complexity index is 289. The monoisotopic (exact) mass is 226 g/mol. The maximum Gasteiger partial charge on any atom is 0.141 e. The van der Waals surface area contributed by atoms with Crippen molar-refractivity contribution >= 4 is 5.78 Å². The van der Waals surface area contributed by atoms with Crippen LogP contribution in [0.15, 0.2) is 0 Å². The lowest BCUT2D eigenvalue weighted by atomic mass is 9.55. The minimum absolute atomic E-state index is 0. The Balaban J connectivity index is 0.000000963. The van der Waals surface area contributed by atoms with E-state index in [1.807, 2.05) is 0 Å². The van der Waals surface area contributed by atoms with Gasteiger partial charge >= 0.3 is 0 Å². The summed E-state index contributed by atoms with van der Waals surface area (Å²) in [5, 5.41) is 10.8. The molecule has 0 aromatic heterocycles. The molecule has 0 amide bonds. The fraction of sp³-hybridized carbons (Fsp3) is 0.923. The summed E-state index contributed by atoms with van der Waals surface area (Å²) >= 11 is 0. The van der Waals surface area contributed by atoms with Gasteiger partial charge in [0, 0.05) is 11.8 Å². The van der Waals surface area contributed by atoms with E-state index < -0.39 is 5.60 Å². The van der Waals surface area contributed by atoms with E-state index in [4.69, 9.17) is 0 Å². The smallest absolute Gasteiger partial charge is 0.141 e. The number of ketones is 1. The second kappa shape index (κ2) is 4.11. The summed E-state index contributed by atoms with van der Waals surface area (Å²) in [6, 6.07) is 0. The second-order valence-corrected chi connectivity index (χ2v) is 5.75. The molecular formula is C13H22O3. The molecule has 2 bridgehead atoms. The lowest BCUT2D eigenvalue weighted by Crippen LogP contribution is -2.57. The molecule has 3 fully saturated rings. The maximum absolute atomic E-state index is 12.1. The molecule has 3 rings (SSSR count). The van der Waals surface area contributed by atoms with Crippen molar-refractivity contribution < 1.29 is 15.4 Å². The fourth-order valence-corrected chi connectivity index (χ4v) is 4.24. The number of carbonyl (C=O) groups is 1. The molecule has 4 atom stereocenters. The molecule has 0 saturated heterocycles. The van der Waals surface area contributed by atoms with Crippen molar-refractivity contribution in [2.24, 2.45) is 17.8 Å². The zero-order chi connectivity index (χ0) is 10.5. The number of aliphatic hydroxyl groups is 1. The van der Waals surface area contributed by atoms with Gasteiger partial charge in [-0.3, -0.25) is 4.79 Å². The molecule has 3 aliphatic carbocycles. The Morgan fingerprint density at radius 3 is 2.75 bits per heavy atom. The van der Waals surface area contributed by atoms with Gasteiger partial charge in [0.05, 0.1) is 5.60 Å². The first-order valence-corrected chi connectivity index (χ1v) is 6.48. The average molecular weight is 226 g/mol. The van der Waals surface area contributed by atoms with Crippen molar-refractivity contribution in [1.82, 2.24) is 0 Å². The van der Waals surface area contributed by atoms with Crippen LogP contribution in [0.2, 0.25) is 0 Å². The van der Waals surface area contributed by atoms with Crippen LogP contribution in [0.1, 0.15) is 51.4 Å². The number of hydrogen-bond donors (Lipinski definition) is 1. The Kier molecular flexibility index (Phi) is 3.10. The highest BCUT2D eigenvalue weighted by Crippen LogP contribution is 2.52. The van der Waals surface area contributed by atoms with Gasteiger partial charge in [0.2, 0.25) is 0 Å². The SMILES string of the molecule is O.O=C1C2CCCC1C1(O)CCCCC1C2. The van der Waals surface area contributed by atoms with Crippen LogP contribution >= 0.6 is 0 Å². The average Bonchev–Trinajstić information content (AvgIpc) is 2.21. The first kappa shape index (κ1) is 12.1. The normalized spacial score (nSPS) is 46.8. The second-order valence-electron chi connectivity index (χ2n) is 5.75. The molecule has 16 heavy (non-hydrogen) atoms. The molecule has 3 aliphatic rings. The summed E-state index contributed by atoms with van der Waals surface area (Å²) < 4.78 is 0. The van der Waals surface area contributed by atoms with Crippen LogP contribution in [0.5, 0.6) is 0 Å². The molecule has 3 saturated carbocycles. The van der Waals surface area contributed by atoms with E-state index in [1.54, 1.807) is 0 Å². The standard InChI is InChI=1S/C13H20O2.H2O/c14-12-9-4-3-6-11(12)13(15)7-2-1-5-10(13)8-9;/h9-11,15H,1-8H2;1H2. The number of Topliss-reactive ketones (excluding diaryl/α,β-unsaturated/α-hetero) is 1. The molecule has 3 heteroatoms. The van der Waals surface area contributed by atoms with Crippen LogP contribution < -0.4 is 0 Å². The van der Waals surface area contributed by atoms with Crippen molar-refractivity contribution in [1.29, 1.82) is 0 Å². The van der Waals surface area contributed by atoms with Crippen LogP contribution in [0.4, 0.5) is 0 Å². The molecule has 0 radical (unpaired) electrons. The highest BCUT2D eigenvalue weighted by molar-refractivity contribution is 5.86. The zero-order valence-corrected chi connectivity index (χ0v) is 9.74. The number of fused-ring (bicyclic) bond motifs is 4. The van der Waals surface area contributed by atoms with Gasteiger partial charge in [-0.05, 0) is 38.0 Å². The lowest BCUT2D eigenvalue weighted by molar-refractivity contribution is -0.167. The predicted octanol–water partition coefficient (Wildman–Crippen LogP) is 1.47. The van der Waals surface area contributed by atoms with Crippen LogP contribution in [-0.4, -0.2) is 22.0 Å². The Labute approximate surface area is 96.5 Å². The number of carbonyl (C=O) groups excluding carboxylic acids is 1. The maximum atomic E-state index is 12.1. The quantitative estimate of drug-likeness (QED) is 0.679. The van der Waals surface area contributed by atoms with Gasteiger partial charge in [0.1, 0.15) is 5.78 Å². The van der Waals surface area contributed by atoms with Gasteiger partial charge in [-0.15, -0.1) is 0 Å². The van der Waals surface area contributed by atoms with Crippen LogP contribution in [-0.2, 0) is 4.79 Å². The summed E-state index contributed by atoms with van der Waals surface area (Å²) in [7, 11) is 0. The molecule has 4 unspecified atom stereocenters. The van der Waals surface area contributed by atoms with Gasteiger partial charge in [-0.25, -0.2) is 0 Å². The Hall–Kier alpha value is -0.410. The first-order chi connectivity index (χ1) is 7.22. The van der Waals surface area contributed by atoms with Gasteiger partial charge in [0.25, 0.3) is 0 Å². The van der Waals surface area contributed by atoms with Gasteiger partial charge in [-0.2, -0.15) is 0 Å². The fourth-order valence-electron chi connectivity index (χ4n) is 4.24. The van der Waals surface area contributed by atoms with Gasteiger partial charge in [0.15, 0.2) is 0 Å². The molecule has 0 aromatic carbocycles. The summed E-state index contributed by atoms with van der Waals surface area (Å²) in [6.45, 7) is 0. The molecule has 92 valence electrons. The van der Waals surface area contributed by atoms with E-state index >= 15 is 0 Å². The highest BCUT2D eigenvalue weighted by atomic mass is 16.3. The first-order valence-electron chi connectivity index (χ1n) is 6.48. The summed E-state index contributed by atoms with van der Waals surface area (Å²) in [6.07, 6.45) is 8.55. The van der Waals surface area contributed by atoms with E-state index in [0.29, 0.717) is 17.6 Å². The Morgan fingerprint density at radius 1 is 1.12 bits per heavy atom. The van der Waals surface area contributed by atoms with Crippen molar-refractivity contribution in [3.63, 3.8) is 0 Å². The number of rotatable bonds is 0. The molecule has 0 aromatic rings. The van der Waals surface area contributed by atoms with Crippen molar-refractivity contribution in [2.45, 2.75) is 57.0 Å². The third-order valence-electron chi connectivity index (χ3n) is 5.05. The van der Waals surface area contributed by atoms with Crippen LogP contribution in [0, 0.1) is 17.8 Å². The van der Waals surface area contributed by atoms with Crippen molar-refractivity contribution in [2.75, 3.05) is 0 Å². The topological polar surface area (TPSA) is 68.8 Å². The van der Waals surface area contributed by atoms with E-state index in [-0.39, 0.29) is 11.4 Å². The highest BCUT2D eigenvalue weighted by Gasteiger charge is 2.55. The summed E-state index contributed by atoms with van der Waals surface area (Å²) in [5.41, 5.74) is -0.605.